The third-order valence-electron chi connectivity index (χ3n) is 2.37. The second-order valence-corrected chi connectivity index (χ2v) is 6.98. The first-order chi connectivity index (χ1) is 7.34. The van der Waals surface area contributed by atoms with Gasteiger partial charge in [0, 0.05) is 6.54 Å². The Morgan fingerprint density at radius 2 is 1.62 bits per heavy atom. The zero-order valence-corrected chi connectivity index (χ0v) is 11.1. The number of sulfone groups is 1. The van der Waals surface area contributed by atoms with Crippen LogP contribution < -0.4 is 0 Å². The number of rotatable bonds is 4. The Kier molecular flexibility index (Phi) is 4.10. The minimum atomic E-state index is -3.14. The van der Waals surface area contributed by atoms with Gasteiger partial charge in [0.25, 0.3) is 0 Å². The van der Waals surface area contributed by atoms with Gasteiger partial charge in [-0.3, -0.25) is 0 Å². The molecule has 0 aliphatic heterocycles. The predicted octanol–water partition coefficient (Wildman–Crippen LogP) is 1.93. The Bertz CT molecular complexity index is 433. The van der Waals surface area contributed by atoms with Crippen LogP contribution in [-0.4, -0.2) is 32.7 Å². The molecule has 0 N–H and O–H groups in total. The van der Waals surface area contributed by atoms with Crippen LogP contribution in [0.25, 0.3) is 0 Å². The van der Waals surface area contributed by atoms with Crippen LogP contribution in [0.5, 0.6) is 0 Å². The van der Waals surface area contributed by atoms with Crippen LogP contribution in [0.3, 0.4) is 0 Å². The van der Waals surface area contributed by atoms with E-state index in [0.717, 1.165) is 12.1 Å². The van der Waals surface area contributed by atoms with E-state index in [9.17, 15) is 8.42 Å². The van der Waals surface area contributed by atoms with E-state index in [4.69, 9.17) is 0 Å². The van der Waals surface area contributed by atoms with Crippen molar-refractivity contribution >= 4 is 9.84 Å². The number of nitrogens with zero attached hydrogens (tertiary/aromatic N) is 1. The van der Waals surface area contributed by atoms with Gasteiger partial charge in [0.1, 0.15) is 0 Å². The van der Waals surface area contributed by atoms with Gasteiger partial charge in [-0.15, -0.1) is 0 Å². The fourth-order valence-corrected chi connectivity index (χ4v) is 2.48. The summed E-state index contributed by atoms with van der Waals surface area (Å²) in [4.78, 5) is 2.45. The van der Waals surface area contributed by atoms with E-state index in [1.807, 2.05) is 31.1 Å². The Balaban J connectivity index is 2.96. The molecule has 0 spiro atoms. The molecule has 0 bridgehead atoms. The molecule has 90 valence electrons. The molecule has 0 saturated heterocycles. The molecule has 0 aliphatic carbocycles. The largest absolute Gasteiger partial charge is 0.305 e. The monoisotopic (exact) mass is 241 g/mol. The van der Waals surface area contributed by atoms with E-state index in [1.165, 1.54) is 0 Å². The summed E-state index contributed by atoms with van der Waals surface area (Å²) in [7, 11) is 0.834. The van der Waals surface area contributed by atoms with Crippen molar-refractivity contribution in [2.75, 3.05) is 14.1 Å². The minimum absolute atomic E-state index is 0.368. The third kappa shape index (κ3) is 3.06. The minimum Gasteiger partial charge on any atom is -0.305 e. The maximum atomic E-state index is 11.9. The highest BCUT2D eigenvalue weighted by atomic mass is 32.2. The molecule has 0 atom stereocenters. The van der Waals surface area contributed by atoms with E-state index in [2.05, 4.69) is 0 Å². The SMILES string of the molecule is CC(C)S(=O)(=O)c1ccc(CN(C)C)cc1. The standard InChI is InChI=1S/C12H19NO2S/c1-10(2)16(14,15)12-7-5-11(6-8-12)9-13(3)4/h5-8,10H,9H2,1-4H3. The summed E-state index contributed by atoms with van der Waals surface area (Å²) < 4.78 is 23.7. The van der Waals surface area contributed by atoms with Gasteiger partial charge in [0.05, 0.1) is 10.1 Å². The number of benzene rings is 1. The lowest BCUT2D eigenvalue weighted by atomic mass is 10.2. The summed E-state index contributed by atoms with van der Waals surface area (Å²) in [6.45, 7) is 4.22. The Hall–Kier alpha value is -0.870. The third-order valence-corrected chi connectivity index (χ3v) is 4.54. The van der Waals surface area contributed by atoms with Crippen molar-refractivity contribution in [1.29, 1.82) is 0 Å². The van der Waals surface area contributed by atoms with Gasteiger partial charge in [0.15, 0.2) is 9.84 Å². The topological polar surface area (TPSA) is 37.4 Å². The molecule has 0 unspecified atom stereocenters. The first-order valence-corrected chi connectivity index (χ1v) is 6.86. The molecule has 1 aromatic carbocycles. The molecular formula is C12H19NO2S. The van der Waals surface area contributed by atoms with Gasteiger partial charge >= 0.3 is 0 Å². The molecule has 0 saturated carbocycles. The van der Waals surface area contributed by atoms with E-state index < -0.39 is 9.84 Å². The molecule has 0 aromatic heterocycles. The molecule has 1 aromatic rings. The average Bonchev–Trinajstić information content (AvgIpc) is 2.17. The van der Waals surface area contributed by atoms with Crippen molar-refractivity contribution in [2.45, 2.75) is 30.5 Å². The molecule has 0 fully saturated rings. The molecular weight excluding hydrogens is 222 g/mol. The molecule has 0 radical (unpaired) electrons. The maximum absolute atomic E-state index is 11.9. The molecule has 4 heteroatoms. The predicted molar refractivity (Wildman–Crippen MR) is 66.2 cm³/mol. The first-order valence-electron chi connectivity index (χ1n) is 5.31. The lowest BCUT2D eigenvalue weighted by Crippen LogP contribution is -2.14. The second kappa shape index (κ2) is 4.97. The summed E-state index contributed by atoms with van der Waals surface area (Å²) in [5.74, 6) is 0. The van der Waals surface area contributed by atoms with Crippen molar-refractivity contribution in [3.8, 4) is 0 Å². The van der Waals surface area contributed by atoms with Gasteiger partial charge in [-0.25, -0.2) is 8.42 Å². The summed E-state index contributed by atoms with van der Waals surface area (Å²) >= 11 is 0. The Morgan fingerprint density at radius 1 is 1.12 bits per heavy atom. The van der Waals surface area contributed by atoms with Gasteiger partial charge < -0.3 is 4.90 Å². The quantitative estimate of drug-likeness (QED) is 0.808. The summed E-state index contributed by atoms with van der Waals surface area (Å²) in [5, 5.41) is -0.368. The highest BCUT2D eigenvalue weighted by molar-refractivity contribution is 7.92. The molecule has 16 heavy (non-hydrogen) atoms. The fraction of sp³-hybridized carbons (Fsp3) is 0.500. The summed E-state index contributed by atoms with van der Waals surface area (Å²) in [5.41, 5.74) is 1.12. The van der Waals surface area contributed by atoms with Crippen LogP contribution in [0.15, 0.2) is 29.2 Å². The molecule has 0 heterocycles. The van der Waals surface area contributed by atoms with Crippen molar-refractivity contribution in [3.63, 3.8) is 0 Å². The number of hydrogen-bond acceptors (Lipinski definition) is 3. The smallest absolute Gasteiger partial charge is 0.180 e. The lowest BCUT2D eigenvalue weighted by molar-refractivity contribution is 0.402. The van der Waals surface area contributed by atoms with Crippen LogP contribution in [0.4, 0.5) is 0 Å². The van der Waals surface area contributed by atoms with Crippen LogP contribution in [0.1, 0.15) is 19.4 Å². The van der Waals surface area contributed by atoms with Gasteiger partial charge in [-0.05, 0) is 45.6 Å². The lowest BCUT2D eigenvalue weighted by Gasteiger charge is -2.11. The van der Waals surface area contributed by atoms with E-state index in [1.54, 1.807) is 26.0 Å². The second-order valence-electron chi connectivity index (χ2n) is 4.48. The zero-order chi connectivity index (χ0) is 12.3. The van der Waals surface area contributed by atoms with E-state index in [-0.39, 0.29) is 5.25 Å². The van der Waals surface area contributed by atoms with Crippen molar-refractivity contribution in [3.05, 3.63) is 29.8 Å². The van der Waals surface area contributed by atoms with E-state index in [0.29, 0.717) is 4.90 Å². The zero-order valence-electron chi connectivity index (χ0n) is 10.3. The fourth-order valence-electron chi connectivity index (χ4n) is 1.42. The first kappa shape index (κ1) is 13.2. The van der Waals surface area contributed by atoms with Crippen LogP contribution in [0, 0.1) is 0 Å². The Morgan fingerprint density at radius 3 is 2.00 bits per heavy atom. The number of hydrogen-bond donors (Lipinski definition) is 0. The van der Waals surface area contributed by atoms with Crippen molar-refractivity contribution < 1.29 is 8.42 Å². The highest BCUT2D eigenvalue weighted by Crippen LogP contribution is 2.16. The van der Waals surface area contributed by atoms with Crippen molar-refractivity contribution in [2.24, 2.45) is 0 Å². The van der Waals surface area contributed by atoms with Crippen LogP contribution in [-0.2, 0) is 16.4 Å². The Labute approximate surface area is 98.0 Å². The molecule has 1 rings (SSSR count). The molecule has 3 nitrogen and oxygen atoms in total. The van der Waals surface area contributed by atoms with Crippen LogP contribution >= 0.6 is 0 Å². The summed E-state index contributed by atoms with van der Waals surface area (Å²) in [6, 6.07) is 7.12. The highest BCUT2D eigenvalue weighted by Gasteiger charge is 2.18. The van der Waals surface area contributed by atoms with Gasteiger partial charge in [-0.1, -0.05) is 12.1 Å². The van der Waals surface area contributed by atoms with Crippen LogP contribution in [0.2, 0.25) is 0 Å². The van der Waals surface area contributed by atoms with Gasteiger partial charge in [0.2, 0.25) is 0 Å². The summed E-state index contributed by atoms with van der Waals surface area (Å²) in [6.07, 6.45) is 0. The molecule has 0 aliphatic rings. The normalized spacial score (nSPS) is 12.4. The van der Waals surface area contributed by atoms with E-state index >= 15 is 0 Å². The molecule has 0 amide bonds. The maximum Gasteiger partial charge on any atom is 0.180 e. The van der Waals surface area contributed by atoms with Crippen molar-refractivity contribution in [1.82, 2.24) is 4.90 Å². The van der Waals surface area contributed by atoms with Gasteiger partial charge in [-0.2, -0.15) is 0 Å². The average molecular weight is 241 g/mol.